The first kappa shape index (κ1) is 28.0. The summed E-state index contributed by atoms with van der Waals surface area (Å²) in [5.41, 5.74) is 21.4. The second kappa shape index (κ2) is 9.63. The van der Waals surface area contributed by atoms with Gasteiger partial charge in [-0.3, -0.25) is 4.79 Å². The number of aliphatic hydroxyl groups excluding tert-OH is 1. The van der Waals surface area contributed by atoms with Gasteiger partial charge in [-0.1, -0.05) is 31.6 Å². The van der Waals surface area contributed by atoms with Crippen molar-refractivity contribution in [3.05, 3.63) is 34.9 Å². The summed E-state index contributed by atoms with van der Waals surface area (Å²) in [6.45, 7) is 9.61. The van der Waals surface area contributed by atoms with Crippen molar-refractivity contribution in [2.75, 3.05) is 0 Å². The van der Waals surface area contributed by atoms with Crippen LogP contribution in [0.15, 0.2) is 34.9 Å². The third kappa shape index (κ3) is 4.30. The molecule has 0 amide bonds. The minimum atomic E-state index is -1.06. The molecule has 4 aliphatic carbocycles. The van der Waals surface area contributed by atoms with E-state index in [0.717, 1.165) is 18.4 Å². The maximum atomic E-state index is 12.6. The number of carbonyl (C=O) groups excluding carboxylic acids is 1. The van der Waals surface area contributed by atoms with Crippen molar-refractivity contribution in [1.82, 2.24) is 0 Å². The van der Waals surface area contributed by atoms with E-state index in [-0.39, 0.29) is 40.8 Å². The second-order valence-corrected chi connectivity index (χ2v) is 12.8. The van der Waals surface area contributed by atoms with Crippen molar-refractivity contribution in [3.8, 4) is 0 Å². The molecule has 0 saturated heterocycles. The molecule has 0 aromatic carbocycles. The Morgan fingerprint density at radius 3 is 2.38 bits per heavy atom. The van der Waals surface area contributed by atoms with Gasteiger partial charge in [0.25, 0.3) is 0 Å². The molecule has 0 spiro atoms. The second-order valence-electron chi connectivity index (χ2n) is 12.8. The number of fused-ring (bicyclic) bond motifs is 5. The highest BCUT2D eigenvalue weighted by molar-refractivity contribution is 5.91. The molecule has 4 rings (SSSR count). The summed E-state index contributed by atoms with van der Waals surface area (Å²) in [5.74, 6) is -1.67. The lowest BCUT2D eigenvalue weighted by Crippen LogP contribution is -2.76. The highest BCUT2D eigenvalue weighted by atomic mass is 16.5. The Morgan fingerprint density at radius 1 is 1.11 bits per heavy atom. The van der Waals surface area contributed by atoms with Gasteiger partial charge in [0.15, 0.2) is 0 Å². The minimum Gasteiger partial charge on any atom is -0.478 e. The van der Waals surface area contributed by atoms with Crippen LogP contribution >= 0.6 is 0 Å². The zero-order valence-corrected chi connectivity index (χ0v) is 22.9. The Balaban J connectivity index is 1.86. The van der Waals surface area contributed by atoms with E-state index in [9.17, 15) is 19.8 Å². The van der Waals surface area contributed by atoms with Crippen LogP contribution in [0.25, 0.3) is 0 Å². The third-order valence-electron chi connectivity index (χ3n) is 10.5. The number of aliphatic hydroxyl groups is 1. The smallest absolute Gasteiger partial charge is 0.335 e. The van der Waals surface area contributed by atoms with Gasteiger partial charge < -0.3 is 32.2 Å². The number of carboxylic acid groups (broad SMARTS) is 1. The van der Waals surface area contributed by atoms with Crippen molar-refractivity contribution >= 4 is 11.9 Å². The van der Waals surface area contributed by atoms with E-state index in [2.05, 4.69) is 13.8 Å². The van der Waals surface area contributed by atoms with E-state index < -0.39 is 35.1 Å². The highest BCUT2D eigenvalue weighted by Crippen LogP contribution is 2.69. The van der Waals surface area contributed by atoms with Gasteiger partial charge in [-0.25, -0.2) is 4.79 Å². The Kier molecular flexibility index (Phi) is 7.29. The molecule has 37 heavy (non-hydrogen) atoms. The van der Waals surface area contributed by atoms with Crippen LogP contribution in [0.4, 0.5) is 0 Å². The molecule has 206 valence electrons. The quantitative estimate of drug-likeness (QED) is 0.217. The molecule has 4 fully saturated rings. The number of hydrogen-bond donors (Lipinski definition) is 5. The molecule has 0 heterocycles. The van der Waals surface area contributed by atoms with Crippen molar-refractivity contribution in [2.45, 2.75) is 103 Å². The monoisotopic (exact) mass is 515 g/mol. The molecule has 0 radical (unpaired) electrons. The first-order valence-electron chi connectivity index (χ1n) is 13.6. The predicted octanol–water partition coefficient (Wildman–Crippen LogP) is 2.79. The lowest BCUT2D eigenvalue weighted by atomic mass is 9.39. The molecule has 4 aliphatic rings. The molecule has 4 saturated carbocycles. The third-order valence-corrected chi connectivity index (χ3v) is 10.5. The number of carbonyl (C=O) groups is 2. The van der Waals surface area contributed by atoms with Crippen LogP contribution in [0, 0.1) is 28.6 Å². The van der Waals surface area contributed by atoms with Gasteiger partial charge in [-0.05, 0) is 92.6 Å². The lowest BCUT2D eigenvalue weighted by Gasteiger charge is -2.68. The summed E-state index contributed by atoms with van der Waals surface area (Å²) in [7, 11) is 0. The van der Waals surface area contributed by atoms with Crippen LogP contribution in [-0.4, -0.2) is 52.0 Å². The van der Waals surface area contributed by atoms with Crippen LogP contribution in [0.5, 0.6) is 0 Å². The average Bonchev–Trinajstić information content (AvgIpc) is 3.05. The molecule has 8 nitrogen and oxygen atoms in total. The number of carboxylic acids is 1. The fourth-order valence-corrected chi connectivity index (χ4v) is 8.91. The predicted molar refractivity (Wildman–Crippen MR) is 142 cm³/mol. The summed E-state index contributed by atoms with van der Waals surface area (Å²) < 4.78 is 5.80. The van der Waals surface area contributed by atoms with Gasteiger partial charge in [-0.15, -0.1) is 0 Å². The van der Waals surface area contributed by atoms with Gasteiger partial charge in [0.05, 0.1) is 11.7 Å². The van der Waals surface area contributed by atoms with E-state index in [1.54, 1.807) is 12.2 Å². The molecular formula is C29H45N3O5. The van der Waals surface area contributed by atoms with Crippen LogP contribution in [0.1, 0.15) is 73.1 Å². The van der Waals surface area contributed by atoms with Crippen molar-refractivity contribution < 1.29 is 24.5 Å². The summed E-state index contributed by atoms with van der Waals surface area (Å²) in [6.07, 6.45) is 7.87. The fraction of sp³-hybridized carbons (Fsp3) is 0.724. The van der Waals surface area contributed by atoms with Gasteiger partial charge in [0, 0.05) is 24.5 Å². The minimum absolute atomic E-state index is 0.0506. The number of hydrogen-bond acceptors (Lipinski definition) is 7. The Morgan fingerprint density at radius 2 is 1.78 bits per heavy atom. The number of aliphatic carboxylic acids is 1. The number of nitrogens with two attached hydrogens (primary N) is 3. The molecule has 8 heteroatoms. The topological polar surface area (TPSA) is 162 Å². The number of allylic oxidation sites excluding steroid dienone is 3. The van der Waals surface area contributed by atoms with E-state index >= 15 is 0 Å². The maximum Gasteiger partial charge on any atom is 0.335 e. The van der Waals surface area contributed by atoms with Crippen molar-refractivity contribution in [3.63, 3.8) is 0 Å². The Bertz CT molecular complexity index is 1050. The van der Waals surface area contributed by atoms with Crippen molar-refractivity contribution in [1.29, 1.82) is 0 Å². The van der Waals surface area contributed by atoms with E-state index in [1.807, 2.05) is 19.9 Å². The average molecular weight is 516 g/mol. The standard InChI is InChI=1S/C29H45N3O5/c1-15(2)7-6-8-17(26(35)36)23-19-13-20(30)25-27(4)11-10-21(34)24(31)18(27)9-12-29(25,32)28(19,5)14-22(23)37-16(3)33/h6-8,18-22,24-25,34H,9-14,30-32H2,1-5H3,(H,35,36)/b8-6+,23-17-/t18-,19-,20+,21+,22-,24-,25-,27-,28-,29+/m0/s1. The molecular weight excluding hydrogens is 470 g/mol. The number of ether oxygens (including phenoxy) is 1. The van der Waals surface area contributed by atoms with Crippen LogP contribution in [-0.2, 0) is 14.3 Å². The van der Waals surface area contributed by atoms with Gasteiger partial charge in [-0.2, -0.15) is 0 Å². The summed E-state index contributed by atoms with van der Waals surface area (Å²) >= 11 is 0. The normalized spacial score (nSPS) is 46.5. The van der Waals surface area contributed by atoms with Crippen molar-refractivity contribution in [2.24, 2.45) is 45.8 Å². The first-order chi connectivity index (χ1) is 17.2. The van der Waals surface area contributed by atoms with Gasteiger partial charge in [0.2, 0.25) is 0 Å². The van der Waals surface area contributed by atoms with Gasteiger partial charge >= 0.3 is 11.9 Å². The zero-order chi connectivity index (χ0) is 27.5. The first-order valence-corrected chi connectivity index (χ1v) is 13.6. The summed E-state index contributed by atoms with van der Waals surface area (Å²) in [6, 6.07) is -0.589. The molecule has 0 bridgehead atoms. The molecule has 10 atom stereocenters. The number of esters is 1. The van der Waals surface area contributed by atoms with Crippen LogP contribution in [0.3, 0.4) is 0 Å². The summed E-state index contributed by atoms with van der Waals surface area (Å²) in [4.78, 5) is 24.7. The van der Waals surface area contributed by atoms with E-state index in [1.165, 1.54) is 6.92 Å². The molecule has 0 aromatic heterocycles. The Hall–Kier alpha value is -2.00. The fourth-order valence-electron chi connectivity index (χ4n) is 8.91. The lowest BCUT2D eigenvalue weighted by molar-refractivity contribution is -0.160. The van der Waals surface area contributed by atoms with Crippen LogP contribution in [0.2, 0.25) is 0 Å². The molecule has 0 aliphatic heterocycles. The summed E-state index contributed by atoms with van der Waals surface area (Å²) in [5, 5.41) is 20.8. The number of rotatable bonds is 4. The maximum absolute atomic E-state index is 12.6. The molecule has 0 unspecified atom stereocenters. The highest BCUT2D eigenvalue weighted by Gasteiger charge is 2.71. The van der Waals surface area contributed by atoms with E-state index in [0.29, 0.717) is 31.3 Å². The molecule has 0 aromatic rings. The van der Waals surface area contributed by atoms with E-state index in [4.69, 9.17) is 21.9 Å². The Labute approximate surface area is 220 Å². The zero-order valence-electron chi connectivity index (χ0n) is 22.9. The molecule has 8 N–H and O–H groups in total. The SMILES string of the molecule is CC(=O)O[C@H]1C[C@@]2(C)[C@@H](C[C@@H](N)[C@H]3[C@@]4(C)CC[C@@H](O)[C@@H](N)[C@@H]4CC[C@@]32N)/C1=C(\C=C\C=C(C)C)C(=O)O. The van der Waals surface area contributed by atoms with Gasteiger partial charge in [0.1, 0.15) is 6.10 Å². The largest absolute Gasteiger partial charge is 0.478 e. The van der Waals surface area contributed by atoms with Crippen LogP contribution < -0.4 is 17.2 Å².